The Morgan fingerprint density at radius 2 is 0.500 bits per heavy atom. The average molecular weight is 423 g/mol. The van der Waals surface area contributed by atoms with E-state index < -0.39 is 0 Å². The summed E-state index contributed by atoms with van der Waals surface area (Å²) in [7, 11) is 0. The molecule has 0 N–H and O–H groups in total. The van der Waals surface area contributed by atoms with Crippen molar-refractivity contribution >= 4 is 0 Å². The molecule has 2 unspecified atom stereocenters. The molecule has 182 valence electrons. The maximum absolute atomic E-state index is 2.51. The molecule has 0 saturated carbocycles. The van der Waals surface area contributed by atoms with E-state index in [9.17, 15) is 0 Å². The van der Waals surface area contributed by atoms with Crippen LogP contribution in [0.1, 0.15) is 182 Å². The second kappa shape index (κ2) is 25.3. The van der Waals surface area contributed by atoms with E-state index in [4.69, 9.17) is 0 Å². The zero-order valence-electron chi connectivity index (χ0n) is 22.1. The fourth-order valence-electron chi connectivity index (χ4n) is 4.83. The van der Waals surface area contributed by atoms with Crippen LogP contribution < -0.4 is 0 Å². The van der Waals surface area contributed by atoms with Gasteiger partial charge < -0.3 is 0 Å². The van der Waals surface area contributed by atoms with Crippen molar-refractivity contribution in [2.24, 2.45) is 11.8 Å². The van der Waals surface area contributed by atoms with Crippen LogP contribution in [0.5, 0.6) is 0 Å². The molecular formula is C30H62. The highest BCUT2D eigenvalue weighted by atomic mass is 14.2. The number of hydrogen-bond donors (Lipinski definition) is 0. The van der Waals surface area contributed by atoms with Crippen LogP contribution in [0.4, 0.5) is 0 Å². The lowest BCUT2D eigenvalue weighted by Crippen LogP contribution is -2.08. The first-order valence-corrected chi connectivity index (χ1v) is 14.7. The number of unbranched alkanes of at least 4 members (excludes halogenated alkanes) is 20. The van der Waals surface area contributed by atoms with Gasteiger partial charge >= 0.3 is 0 Å². The van der Waals surface area contributed by atoms with Crippen LogP contribution in [0.3, 0.4) is 0 Å². The summed E-state index contributed by atoms with van der Waals surface area (Å²) >= 11 is 0. The largest absolute Gasteiger partial charge is 0.0654 e. The van der Waals surface area contributed by atoms with Crippen molar-refractivity contribution in [3.05, 3.63) is 0 Å². The fourth-order valence-corrected chi connectivity index (χ4v) is 4.83. The lowest BCUT2D eigenvalue weighted by Gasteiger charge is -2.19. The molecular weight excluding hydrogens is 360 g/mol. The van der Waals surface area contributed by atoms with Gasteiger partial charge in [-0.05, 0) is 11.8 Å². The van der Waals surface area contributed by atoms with E-state index >= 15 is 0 Å². The van der Waals surface area contributed by atoms with Crippen LogP contribution >= 0.6 is 0 Å². The Morgan fingerprint density at radius 3 is 0.733 bits per heavy atom. The van der Waals surface area contributed by atoms with E-state index in [1.54, 1.807) is 0 Å². The molecule has 0 aliphatic carbocycles. The molecule has 0 heterocycles. The molecule has 0 aromatic heterocycles. The summed E-state index contributed by atoms with van der Waals surface area (Å²) in [4.78, 5) is 0. The first-order valence-electron chi connectivity index (χ1n) is 14.7. The Kier molecular flexibility index (Phi) is 25.3. The molecule has 0 aliphatic rings. The van der Waals surface area contributed by atoms with Crippen molar-refractivity contribution in [2.45, 2.75) is 182 Å². The van der Waals surface area contributed by atoms with E-state index in [-0.39, 0.29) is 0 Å². The average Bonchev–Trinajstić information content (AvgIpc) is 2.75. The standard InChI is InChI=1S/C30H62/c1-5-7-9-11-13-15-17-18-20-22-24-26-28-30(4)29(3)27-25-23-21-19-16-14-12-10-8-6-2/h29-30H,5-28H2,1-4H3. The Labute approximate surface area is 193 Å². The Hall–Kier alpha value is 0. The maximum atomic E-state index is 2.51. The van der Waals surface area contributed by atoms with Crippen LogP contribution in [0, 0.1) is 11.8 Å². The summed E-state index contributed by atoms with van der Waals surface area (Å²) < 4.78 is 0. The zero-order valence-corrected chi connectivity index (χ0v) is 22.1. The third kappa shape index (κ3) is 22.7. The highest BCUT2D eigenvalue weighted by Gasteiger charge is 2.11. The van der Waals surface area contributed by atoms with E-state index in [2.05, 4.69) is 27.7 Å². The summed E-state index contributed by atoms with van der Waals surface area (Å²) in [6.07, 6.45) is 35.2. The van der Waals surface area contributed by atoms with Crippen molar-refractivity contribution in [1.82, 2.24) is 0 Å². The number of rotatable bonds is 25. The first kappa shape index (κ1) is 30.0. The van der Waals surface area contributed by atoms with Crippen LogP contribution in [0.2, 0.25) is 0 Å². The van der Waals surface area contributed by atoms with Crippen molar-refractivity contribution in [3.63, 3.8) is 0 Å². The van der Waals surface area contributed by atoms with Crippen LogP contribution in [0.25, 0.3) is 0 Å². The van der Waals surface area contributed by atoms with Crippen molar-refractivity contribution < 1.29 is 0 Å². The van der Waals surface area contributed by atoms with Crippen molar-refractivity contribution in [2.75, 3.05) is 0 Å². The second-order valence-electron chi connectivity index (χ2n) is 10.6. The van der Waals surface area contributed by atoms with Gasteiger partial charge in [0.05, 0.1) is 0 Å². The summed E-state index contributed by atoms with van der Waals surface area (Å²) in [5.74, 6) is 1.87. The lowest BCUT2D eigenvalue weighted by molar-refractivity contribution is 0.322. The second-order valence-corrected chi connectivity index (χ2v) is 10.6. The van der Waals surface area contributed by atoms with Gasteiger partial charge in [-0.15, -0.1) is 0 Å². The quantitative estimate of drug-likeness (QED) is 0.128. The van der Waals surface area contributed by atoms with E-state index in [1.807, 2.05) is 0 Å². The SMILES string of the molecule is CCCCCCCCCCCCCCC(C)C(C)CCCCCCCCCCCC. The molecule has 0 aromatic carbocycles. The third-order valence-electron chi connectivity index (χ3n) is 7.50. The van der Waals surface area contributed by atoms with Crippen LogP contribution in [-0.2, 0) is 0 Å². The Balaban J connectivity index is 3.29. The van der Waals surface area contributed by atoms with Gasteiger partial charge in [-0.1, -0.05) is 182 Å². The van der Waals surface area contributed by atoms with Gasteiger partial charge in [-0.25, -0.2) is 0 Å². The predicted molar refractivity (Wildman–Crippen MR) is 140 cm³/mol. The summed E-state index contributed by atoms with van der Waals surface area (Å²) in [6.45, 7) is 9.64. The molecule has 2 atom stereocenters. The third-order valence-corrected chi connectivity index (χ3v) is 7.50. The van der Waals surface area contributed by atoms with E-state index in [1.165, 1.54) is 154 Å². The molecule has 0 saturated heterocycles. The van der Waals surface area contributed by atoms with E-state index in [0.29, 0.717) is 0 Å². The van der Waals surface area contributed by atoms with Gasteiger partial charge in [0.15, 0.2) is 0 Å². The van der Waals surface area contributed by atoms with Gasteiger partial charge in [0.1, 0.15) is 0 Å². The van der Waals surface area contributed by atoms with Gasteiger partial charge in [-0.3, -0.25) is 0 Å². The lowest BCUT2D eigenvalue weighted by atomic mass is 9.86. The topological polar surface area (TPSA) is 0 Å². The normalized spacial score (nSPS) is 13.6. The summed E-state index contributed by atoms with van der Waals surface area (Å²) in [6, 6.07) is 0. The van der Waals surface area contributed by atoms with Crippen molar-refractivity contribution in [1.29, 1.82) is 0 Å². The molecule has 0 fully saturated rings. The molecule has 0 spiro atoms. The van der Waals surface area contributed by atoms with E-state index in [0.717, 1.165) is 11.8 Å². The van der Waals surface area contributed by atoms with Crippen LogP contribution in [0.15, 0.2) is 0 Å². The molecule has 0 heteroatoms. The minimum Gasteiger partial charge on any atom is -0.0654 e. The number of hydrogen-bond acceptors (Lipinski definition) is 0. The molecule has 30 heavy (non-hydrogen) atoms. The molecule has 0 bridgehead atoms. The van der Waals surface area contributed by atoms with Gasteiger partial charge in [0.25, 0.3) is 0 Å². The molecule has 0 nitrogen and oxygen atoms in total. The highest BCUT2D eigenvalue weighted by molar-refractivity contribution is 4.63. The summed E-state index contributed by atoms with van der Waals surface area (Å²) in [5, 5.41) is 0. The minimum absolute atomic E-state index is 0.937. The van der Waals surface area contributed by atoms with Gasteiger partial charge in [-0.2, -0.15) is 0 Å². The molecule has 0 amide bonds. The van der Waals surface area contributed by atoms with Crippen molar-refractivity contribution in [3.8, 4) is 0 Å². The van der Waals surface area contributed by atoms with Crippen LogP contribution in [-0.4, -0.2) is 0 Å². The molecule has 0 aromatic rings. The Morgan fingerprint density at radius 1 is 0.300 bits per heavy atom. The Bertz CT molecular complexity index is 294. The zero-order chi connectivity index (χ0) is 22.1. The van der Waals surface area contributed by atoms with Gasteiger partial charge in [0.2, 0.25) is 0 Å². The minimum atomic E-state index is 0.937. The maximum Gasteiger partial charge on any atom is -0.0417 e. The predicted octanol–water partition coefficient (Wildman–Crippen LogP) is 11.7. The van der Waals surface area contributed by atoms with Gasteiger partial charge in [0, 0.05) is 0 Å². The monoisotopic (exact) mass is 422 g/mol. The fraction of sp³-hybridized carbons (Fsp3) is 1.00. The first-order chi connectivity index (χ1) is 14.7. The highest BCUT2D eigenvalue weighted by Crippen LogP contribution is 2.24. The smallest absolute Gasteiger partial charge is 0.0417 e. The summed E-state index contributed by atoms with van der Waals surface area (Å²) in [5.41, 5.74) is 0. The molecule has 0 aliphatic heterocycles. The molecule has 0 radical (unpaired) electrons. The molecule has 0 rings (SSSR count).